The van der Waals surface area contributed by atoms with Crippen LogP contribution in [0.5, 0.6) is 5.75 Å². The normalized spacial score (nSPS) is 17.8. The molecule has 1 aromatic rings. The van der Waals surface area contributed by atoms with Crippen LogP contribution in [0.15, 0.2) is 18.2 Å². The van der Waals surface area contributed by atoms with E-state index in [2.05, 4.69) is 51.2 Å². The third-order valence-electron chi connectivity index (χ3n) is 3.62. The van der Waals surface area contributed by atoms with Crippen LogP contribution in [0.4, 0.5) is 0 Å². The van der Waals surface area contributed by atoms with Crippen LogP contribution in [0.1, 0.15) is 44.7 Å². The second-order valence-corrected chi connectivity index (χ2v) is 6.30. The fourth-order valence-electron chi connectivity index (χ4n) is 2.34. The van der Waals surface area contributed by atoms with Gasteiger partial charge in [-0.2, -0.15) is 0 Å². The van der Waals surface area contributed by atoms with Gasteiger partial charge in [-0.05, 0) is 55.5 Å². The zero-order valence-electron chi connectivity index (χ0n) is 12.0. The molecule has 0 radical (unpaired) electrons. The highest BCUT2D eigenvalue weighted by atomic mass is 16.5. The minimum Gasteiger partial charge on any atom is -0.490 e. The summed E-state index contributed by atoms with van der Waals surface area (Å²) in [6, 6.07) is 6.60. The van der Waals surface area contributed by atoms with Crippen LogP contribution >= 0.6 is 0 Å². The number of rotatable bonds is 2. The highest BCUT2D eigenvalue weighted by molar-refractivity contribution is 5.38. The fourth-order valence-corrected chi connectivity index (χ4v) is 2.34. The van der Waals surface area contributed by atoms with Crippen LogP contribution < -0.4 is 10.1 Å². The molecule has 1 aliphatic rings. The molecule has 0 aliphatic carbocycles. The highest BCUT2D eigenvalue weighted by Crippen LogP contribution is 2.28. The third kappa shape index (κ3) is 3.26. The molecule has 1 N–H and O–H groups in total. The van der Waals surface area contributed by atoms with Crippen molar-refractivity contribution in [3.05, 3.63) is 29.3 Å². The number of nitrogens with one attached hydrogen (secondary N) is 1. The number of hydrogen-bond acceptors (Lipinski definition) is 2. The Labute approximate surface area is 111 Å². The number of piperidine rings is 1. The molecule has 1 saturated heterocycles. The molecule has 0 saturated carbocycles. The van der Waals surface area contributed by atoms with Gasteiger partial charge in [-0.1, -0.05) is 32.9 Å². The van der Waals surface area contributed by atoms with E-state index in [-0.39, 0.29) is 5.41 Å². The maximum Gasteiger partial charge on any atom is 0.122 e. The molecule has 1 aliphatic heterocycles. The van der Waals surface area contributed by atoms with Crippen LogP contribution in [-0.4, -0.2) is 19.2 Å². The van der Waals surface area contributed by atoms with Crippen molar-refractivity contribution in [3.8, 4) is 5.75 Å². The van der Waals surface area contributed by atoms with Crippen molar-refractivity contribution >= 4 is 0 Å². The number of aryl methyl sites for hydroxylation is 1. The van der Waals surface area contributed by atoms with E-state index in [1.165, 1.54) is 11.1 Å². The molecule has 2 heteroatoms. The number of ether oxygens (including phenoxy) is 1. The molecule has 0 amide bonds. The summed E-state index contributed by atoms with van der Waals surface area (Å²) in [6.45, 7) is 11.0. The quantitative estimate of drug-likeness (QED) is 0.864. The topological polar surface area (TPSA) is 21.3 Å². The first-order chi connectivity index (χ1) is 8.47. The van der Waals surface area contributed by atoms with Crippen LogP contribution in [0.25, 0.3) is 0 Å². The SMILES string of the molecule is Cc1cc(C(C)(C)C)ccc1OC1CCNCC1. The highest BCUT2D eigenvalue weighted by Gasteiger charge is 2.18. The first-order valence-corrected chi connectivity index (χ1v) is 6.95. The summed E-state index contributed by atoms with van der Waals surface area (Å²) < 4.78 is 6.11. The van der Waals surface area contributed by atoms with Gasteiger partial charge in [0.1, 0.15) is 11.9 Å². The molecule has 2 nitrogen and oxygen atoms in total. The lowest BCUT2D eigenvalue weighted by Gasteiger charge is -2.26. The van der Waals surface area contributed by atoms with Gasteiger partial charge in [0.05, 0.1) is 0 Å². The van der Waals surface area contributed by atoms with Gasteiger partial charge in [0.25, 0.3) is 0 Å². The molecular weight excluding hydrogens is 222 g/mol. The molecule has 0 spiro atoms. The van der Waals surface area contributed by atoms with E-state index in [1.54, 1.807) is 0 Å². The molecule has 100 valence electrons. The summed E-state index contributed by atoms with van der Waals surface area (Å²) in [5.74, 6) is 1.05. The van der Waals surface area contributed by atoms with Crippen molar-refractivity contribution in [1.82, 2.24) is 5.32 Å². The van der Waals surface area contributed by atoms with Crippen LogP contribution in [0, 0.1) is 6.92 Å². The van der Waals surface area contributed by atoms with Crippen LogP contribution in [-0.2, 0) is 5.41 Å². The Morgan fingerprint density at radius 2 is 1.83 bits per heavy atom. The average Bonchev–Trinajstić information content (AvgIpc) is 2.32. The van der Waals surface area contributed by atoms with Crippen molar-refractivity contribution in [2.24, 2.45) is 0 Å². The third-order valence-corrected chi connectivity index (χ3v) is 3.62. The van der Waals surface area contributed by atoms with Crippen molar-refractivity contribution in [3.63, 3.8) is 0 Å². The summed E-state index contributed by atoms with van der Waals surface area (Å²) in [6.07, 6.45) is 2.60. The molecule has 18 heavy (non-hydrogen) atoms. The minimum atomic E-state index is 0.206. The summed E-state index contributed by atoms with van der Waals surface area (Å²) in [5, 5.41) is 3.36. The predicted octanol–water partition coefficient (Wildman–Crippen LogP) is 3.42. The first-order valence-electron chi connectivity index (χ1n) is 6.95. The van der Waals surface area contributed by atoms with Gasteiger partial charge in [0.15, 0.2) is 0 Å². The van der Waals surface area contributed by atoms with Gasteiger partial charge in [-0.25, -0.2) is 0 Å². The molecule has 0 bridgehead atoms. The Hall–Kier alpha value is -1.02. The van der Waals surface area contributed by atoms with E-state index in [0.29, 0.717) is 6.10 Å². The van der Waals surface area contributed by atoms with E-state index >= 15 is 0 Å². The van der Waals surface area contributed by atoms with Crippen molar-refractivity contribution in [2.75, 3.05) is 13.1 Å². The maximum atomic E-state index is 6.11. The Morgan fingerprint density at radius 1 is 1.17 bits per heavy atom. The molecule has 0 aromatic heterocycles. The molecule has 1 fully saturated rings. The predicted molar refractivity (Wildman–Crippen MR) is 76.4 cm³/mol. The maximum absolute atomic E-state index is 6.11. The van der Waals surface area contributed by atoms with E-state index < -0.39 is 0 Å². The van der Waals surface area contributed by atoms with Crippen molar-refractivity contribution in [1.29, 1.82) is 0 Å². The standard InChI is InChI=1S/C16H25NO/c1-12-11-13(16(2,3)4)5-6-15(12)18-14-7-9-17-10-8-14/h5-6,11,14,17H,7-10H2,1-4H3. The first kappa shape index (κ1) is 13.4. The number of hydrogen-bond donors (Lipinski definition) is 1. The summed E-state index contributed by atoms with van der Waals surface area (Å²) in [5.41, 5.74) is 2.83. The average molecular weight is 247 g/mol. The van der Waals surface area contributed by atoms with Crippen LogP contribution in [0.3, 0.4) is 0 Å². The molecule has 0 unspecified atom stereocenters. The molecule has 2 rings (SSSR count). The zero-order valence-corrected chi connectivity index (χ0v) is 12.0. The van der Waals surface area contributed by atoms with E-state index in [4.69, 9.17) is 4.74 Å². The van der Waals surface area contributed by atoms with Gasteiger partial charge in [-0.3, -0.25) is 0 Å². The lowest BCUT2D eigenvalue weighted by Crippen LogP contribution is -2.34. The van der Waals surface area contributed by atoms with Gasteiger partial charge in [-0.15, -0.1) is 0 Å². The monoisotopic (exact) mass is 247 g/mol. The smallest absolute Gasteiger partial charge is 0.122 e. The Bertz CT molecular complexity index is 400. The molecule has 1 aromatic carbocycles. The van der Waals surface area contributed by atoms with Gasteiger partial charge in [0.2, 0.25) is 0 Å². The van der Waals surface area contributed by atoms with E-state index in [9.17, 15) is 0 Å². The summed E-state index contributed by atoms with van der Waals surface area (Å²) >= 11 is 0. The lowest BCUT2D eigenvalue weighted by atomic mass is 9.86. The molecule has 1 heterocycles. The number of benzene rings is 1. The largest absolute Gasteiger partial charge is 0.490 e. The van der Waals surface area contributed by atoms with Gasteiger partial charge in [0, 0.05) is 0 Å². The van der Waals surface area contributed by atoms with E-state index in [1.807, 2.05) is 0 Å². The second kappa shape index (κ2) is 5.31. The second-order valence-electron chi connectivity index (χ2n) is 6.30. The van der Waals surface area contributed by atoms with Gasteiger partial charge < -0.3 is 10.1 Å². The van der Waals surface area contributed by atoms with Crippen molar-refractivity contribution in [2.45, 2.75) is 52.1 Å². The Balaban J connectivity index is 2.09. The zero-order chi connectivity index (χ0) is 13.2. The van der Waals surface area contributed by atoms with Crippen LogP contribution in [0.2, 0.25) is 0 Å². The Morgan fingerprint density at radius 3 is 2.39 bits per heavy atom. The van der Waals surface area contributed by atoms with Crippen molar-refractivity contribution < 1.29 is 4.74 Å². The summed E-state index contributed by atoms with van der Waals surface area (Å²) in [7, 11) is 0. The Kier molecular flexibility index (Phi) is 3.96. The minimum absolute atomic E-state index is 0.206. The molecule has 0 atom stereocenters. The lowest BCUT2D eigenvalue weighted by molar-refractivity contribution is 0.161. The van der Waals surface area contributed by atoms with E-state index in [0.717, 1.165) is 31.7 Å². The fraction of sp³-hybridized carbons (Fsp3) is 0.625. The van der Waals surface area contributed by atoms with Gasteiger partial charge >= 0.3 is 0 Å². The summed E-state index contributed by atoms with van der Waals surface area (Å²) in [4.78, 5) is 0. The molecular formula is C16H25NO.